The lowest BCUT2D eigenvalue weighted by Crippen LogP contribution is -2.40. The molecule has 36 heavy (non-hydrogen) atoms. The van der Waals surface area contributed by atoms with Gasteiger partial charge in [0.2, 0.25) is 0 Å². The number of hydrogen-bond donors (Lipinski definition) is 1. The molecule has 8 nitrogen and oxygen atoms in total. The number of rotatable bonds is 6. The van der Waals surface area contributed by atoms with Gasteiger partial charge >= 0.3 is 0 Å². The van der Waals surface area contributed by atoms with Gasteiger partial charge in [-0.15, -0.1) is 0 Å². The average molecular weight is 518 g/mol. The molecule has 4 rings (SSSR count). The highest BCUT2D eigenvalue weighted by Crippen LogP contribution is 2.34. The third-order valence-corrected chi connectivity index (χ3v) is 7.65. The molecule has 1 atom stereocenters. The molecular formula is C25H29F2N5O3S. The quantitative estimate of drug-likeness (QED) is 0.587. The summed E-state index contributed by atoms with van der Waals surface area (Å²) in [7, 11) is -3.59. The first kappa shape index (κ1) is 25.9. The number of hydrogen-bond acceptors (Lipinski definition) is 7. The number of sulfone groups is 1. The van der Waals surface area contributed by atoms with Gasteiger partial charge in [0.05, 0.1) is 28.6 Å². The summed E-state index contributed by atoms with van der Waals surface area (Å²) >= 11 is 0. The van der Waals surface area contributed by atoms with Crippen LogP contribution in [0.2, 0.25) is 0 Å². The second kappa shape index (κ2) is 10.0. The Morgan fingerprint density at radius 3 is 2.64 bits per heavy atom. The van der Waals surface area contributed by atoms with Crippen molar-refractivity contribution in [3.63, 3.8) is 0 Å². The first-order valence-corrected chi connectivity index (χ1v) is 13.7. The lowest BCUT2D eigenvalue weighted by molar-refractivity contribution is -0.0220. The Kier molecular flexibility index (Phi) is 7.21. The van der Waals surface area contributed by atoms with Crippen LogP contribution in [0.3, 0.4) is 0 Å². The third kappa shape index (κ3) is 5.77. The van der Waals surface area contributed by atoms with Crippen LogP contribution < -0.4 is 4.90 Å². The molecule has 1 aromatic heterocycles. The Morgan fingerprint density at radius 2 is 1.97 bits per heavy atom. The summed E-state index contributed by atoms with van der Waals surface area (Å²) in [6.45, 7) is 2.40. The summed E-state index contributed by atoms with van der Waals surface area (Å²) in [5.41, 5.74) is 2.49. The van der Waals surface area contributed by atoms with Crippen LogP contribution in [0, 0.1) is 11.3 Å². The number of nitrogens with one attached hydrogen (secondary N) is 1. The van der Waals surface area contributed by atoms with Gasteiger partial charge in [-0.05, 0) is 36.8 Å². The molecule has 2 fully saturated rings. The number of alkyl halides is 2. The number of piperidine rings is 1. The Balaban J connectivity index is 1.58. The summed E-state index contributed by atoms with van der Waals surface area (Å²) in [5.74, 6) is -3.58. The van der Waals surface area contributed by atoms with Crippen molar-refractivity contribution < 1.29 is 22.0 Å². The topological polar surface area (TPSA) is 107 Å². The fourth-order valence-electron chi connectivity index (χ4n) is 4.38. The summed E-state index contributed by atoms with van der Waals surface area (Å²) in [6.07, 6.45) is 4.47. The van der Waals surface area contributed by atoms with Crippen molar-refractivity contribution in [1.29, 1.82) is 5.41 Å². The minimum atomic E-state index is -3.59. The van der Waals surface area contributed by atoms with Crippen molar-refractivity contribution >= 4 is 39.0 Å². The fourth-order valence-corrected chi connectivity index (χ4v) is 5.03. The van der Waals surface area contributed by atoms with E-state index in [-0.39, 0.29) is 55.4 Å². The highest BCUT2D eigenvalue weighted by molar-refractivity contribution is 7.90. The normalized spacial score (nSPS) is 20.3. The van der Waals surface area contributed by atoms with E-state index in [1.165, 1.54) is 23.1 Å². The maximum atomic E-state index is 13.7. The number of carbonyl (C=O) groups excluding carboxylic acids is 1. The van der Waals surface area contributed by atoms with Crippen molar-refractivity contribution in [2.24, 2.45) is 10.9 Å². The van der Waals surface area contributed by atoms with Gasteiger partial charge in [0.1, 0.15) is 0 Å². The van der Waals surface area contributed by atoms with E-state index < -0.39 is 21.7 Å². The number of pyridine rings is 1. The number of likely N-dealkylation sites (tertiary alicyclic amines) is 1. The largest absolute Gasteiger partial charge is 0.370 e. The number of anilines is 1. The Labute approximate surface area is 209 Å². The van der Waals surface area contributed by atoms with E-state index >= 15 is 0 Å². The molecule has 0 radical (unpaired) electrons. The SMILES string of the molecule is CCc1cc(N=CC2CN(C(=O)c3cc(S(C)(=O)=O)ccc3N3CCC(F)(F)CC3)CC2=N)ccn1. The van der Waals surface area contributed by atoms with Gasteiger partial charge < -0.3 is 15.2 Å². The molecule has 3 heterocycles. The van der Waals surface area contributed by atoms with Crippen LogP contribution in [0.5, 0.6) is 0 Å². The fraction of sp³-hybridized carbons (Fsp3) is 0.440. The number of aromatic nitrogens is 1. The van der Waals surface area contributed by atoms with Crippen LogP contribution in [0.25, 0.3) is 0 Å². The molecule has 2 aromatic rings. The Bertz CT molecular complexity index is 1300. The molecular weight excluding hydrogens is 488 g/mol. The highest BCUT2D eigenvalue weighted by Gasteiger charge is 2.37. The molecule has 192 valence electrons. The zero-order chi connectivity index (χ0) is 26.1. The van der Waals surface area contributed by atoms with Crippen molar-refractivity contribution in [2.45, 2.75) is 37.0 Å². The van der Waals surface area contributed by atoms with Crippen molar-refractivity contribution in [3.8, 4) is 0 Å². The summed E-state index contributed by atoms with van der Waals surface area (Å²) in [6, 6.07) is 7.86. The van der Waals surface area contributed by atoms with Gasteiger partial charge in [0.15, 0.2) is 9.84 Å². The predicted octanol–water partition coefficient (Wildman–Crippen LogP) is 3.78. The van der Waals surface area contributed by atoms with E-state index in [0.717, 1.165) is 18.4 Å². The minimum Gasteiger partial charge on any atom is -0.370 e. The first-order valence-electron chi connectivity index (χ1n) is 11.8. The molecule has 2 aliphatic heterocycles. The van der Waals surface area contributed by atoms with E-state index in [4.69, 9.17) is 5.41 Å². The molecule has 1 unspecified atom stereocenters. The van der Waals surface area contributed by atoms with Crippen LogP contribution in [0.15, 0.2) is 46.4 Å². The molecule has 0 bridgehead atoms. The van der Waals surface area contributed by atoms with E-state index in [1.807, 2.05) is 13.0 Å². The molecule has 11 heteroatoms. The molecule has 2 aliphatic rings. The van der Waals surface area contributed by atoms with Gasteiger partial charge in [-0.1, -0.05) is 6.92 Å². The van der Waals surface area contributed by atoms with Crippen LogP contribution in [0.4, 0.5) is 20.2 Å². The third-order valence-electron chi connectivity index (χ3n) is 6.54. The molecule has 0 saturated carbocycles. The zero-order valence-corrected chi connectivity index (χ0v) is 21.1. The van der Waals surface area contributed by atoms with Gasteiger partial charge in [0.25, 0.3) is 11.8 Å². The van der Waals surface area contributed by atoms with Crippen molar-refractivity contribution in [1.82, 2.24) is 9.88 Å². The molecule has 1 amide bonds. The maximum Gasteiger partial charge on any atom is 0.256 e. The predicted molar refractivity (Wildman–Crippen MR) is 135 cm³/mol. The maximum absolute atomic E-state index is 13.7. The second-order valence-electron chi connectivity index (χ2n) is 9.25. The van der Waals surface area contributed by atoms with Crippen molar-refractivity contribution in [3.05, 3.63) is 47.8 Å². The minimum absolute atomic E-state index is 0.0197. The molecule has 0 aliphatic carbocycles. The standard InChI is InChI=1S/C25H29F2N5O3S/c1-3-18-12-19(6-9-29-18)30-14-17-15-32(16-22(17)28)24(33)21-13-20(36(2,34)35)4-5-23(21)31-10-7-25(26,27)8-11-31/h4-6,9,12-14,17,28H,3,7-8,10-11,15-16H2,1-2H3. The number of aryl methyl sites for hydroxylation is 1. The molecule has 1 aromatic carbocycles. The molecule has 2 saturated heterocycles. The van der Waals surface area contributed by atoms with Crippen LogP contribution in [-0.4, -0.2) is 74.5 Å². The first-order chi connectivity index (χ1) is 17.0. The number of nitrogens with zero attached hydrogens (tertiary/aromatic N) is 4. The average Bonchev–Trinajstić information content (AvgIpc) is 3.22. The smallest absolute Gasteiger partial charge is 0.256 e. The van der Waals surface area contributed by atoms with Crippen LogP contribution in [0.1, 0.15) is 35.8 Å². The van der Waals surface area contributed by atoms with E-state index in [1.54, 1.807) is 23.4 Å². The second-order valence-corrected chi connectivity index (χ2v) is 11.3. The Morgan fingerprint density at radius 1 is 1.25 bits per heavy atom. The summed E-state index contributed by atoms with van der Waals surface area (Å²) < 4.78 is 51.8. The van der Waals surface area contributed by atoms with E-state index in [2.05, 4.69) is 9.98 Å². The van der Waals surface area contributed by atoms with Gasteiger partial charge in [-0.25, -0.2) is 17.2 Å². The lowest BCUT2D eigenvalue weighted by Gasteiger charge is -2.34. The van der Waals surface area contributed by atoms with Crippen LogP contribution in [-0.2, 0) is 16.3 Å². The number of carbonyl (C=O) groups is 1. The van der Waals surface area contributed by atoms with Crippen LogP contribution >= 0.6 is 0 Å². The lowest BCUT2D eigenvalue weighted by atomic mass is 10.0. The summed E-state index contributed by atoms with van der Waals surface area (Å²) in [5, 5.41) is 8.38. The summed E-state index contributed by atoms with van der Waals surface area (Å²) in [4.78, 5) is 25.4. The van der Waals surface area contributed by atoms with Crippen molar-refractivity contribution in [2.75, 3.05) is 37.3 Å². The Hall–Kier alpha value is -3.21. The zero-order valence-electron chi connectivity index (χ0n) is 20.2. The molecule has 0 spiro atoms. The number of aliphatic imine (C=N–C) groups is 1. The van der Waals surface area contributed by atoms with Gasteiger partial charge in [-0.3, -0.25) is 14.8 Å². The number of amides is 1. The number of halogens is 2. The monoisotopic (exact) mass is 517 g/mol. The highest BCUT2D eigenvalue weighted by atomic mass is 32.2. The van der Waals surface area contributed by atoms with E-state index in [9.17, 15) is 22.0 Å². The molecule has 1 N–H and O–H groups in total. The van der Waals surface area contributed by atoms with Gasteiger partial charge in [-0.2, -0.15) is 0 Å². The van der Waals surface area contributed by atoms with E-state index in [0.29, 0.717) is 17.1 Å². The van der Waals surface area contributed by atoms with Gasteiger partial charge in [0, 0.05) is 68.2 Å². The number of benzene rings is 1.